The quantitative estimate of drug-likeness (QED) is 0.111. The van der Waals surface area contributed by atoms with E-state index < -0.39 is 0 Å². The Bertz CT molecular complexity index is 1250. The van der Waals surface area contributed by atoms with E-state index in [1.165, 1.54) is 225 Å². The Hall–Kier alpha value is -0.820. The molecular formula is C60H101N. The van der Waals surface area contributed by atoms with Crippen molar-refractivity contribution in [3.8, 4) is 0 Å². The molecule has 8 fully saturated rings. The van der Waals surface area contributed by atoms with Gasteiger partial charge in [-0.3, -0.25) is 4.90 Å². The Balaban J connectivity index is 0.772. The van der Waals surface area contributed by atoms with Crippen LogP contribution in [-0.4, -0.2) is 23.0 Å². The lowest BCUT2D eigenvalue weighted by molar-refractivity contribution is -0.00753. The van der Waals surface area contributed by atoms with Crippen LogP contribution in [0.25, 0.3) is 0 Å². The topological polar surface area (TPSA) is 3.24 Å². The molecule has 0 radical (unpaired) electrons. The molecular weight excluding hydrogens is 735 g/mol. The van der Waals surface area contributed by atoms with Gasteiger partial charge in [0.15, 0.2) is 0 Å². The molecule has 0 atom stereocenters. The average Bonchev–Trinajstić information content (AvgIpc) is 3.33. The third kappa shape index (κ3) is 14.3. The van der Waals surface area contributed by atoms with Gasteiger partial charge in [-0.05, 0) is 245 Å². The molecule has 0 bridgehead atoms. The van der Waals surface area contributed by atoms with Crippen molar-refractivity contribution in [2.45, 2.75) is 275 Å². The maximum absolute atomic E-state index is 3.31. The third-order valence-electron chi connectivity index (χ3n) is 20.1. The smallest absolute Gasteiger partial charge is 0.0101 e. The summed E-state index contributed by atoms with van der Waals surface area (Å²) in [6.45, 7) is 2.37. The van der Waals surface area contributed by atoms with Crippen LogP contribution >= 0.6 is 0 Å². The van der Waals surface area contributed by atoms with E-state index >= 15 is 0 Å². The summed E-state index contributed by atoms with van der Waals surface area (Å²) in [6.07, 6.45) is 74.3. The first kappa shape index (κ1) is 46.7. The van der Waals surface area contributed by atoms with Crippen molar-refractivity contribution in [2.24, 2.45) is 65.1 Å². The van der Waals surface area contributed by atoms with Gasteiger partial charge in [0.2, 0.25) is 0 Å². The predicted octanol–water partition coefficient (Wildman–Crippen LogP) is 18.2. The Labute approximate surface area is 380 Å². The van der Waals surface area contributed by atoms with Gasteiger partial charge < -0.3 is 0 Å². The highest BCUT2D eigenvalue weighted by molar-refractivity contribution is 5.02. The van der Waals surface area contributed by atoms with Crippen molar-refractivity contribution < 1.29 is 0 Å². The van der Waals surface area contributed by atoms with E-state index in [9.17, 15) is 0 Å². The predicted molar refractivity (Wildman–Crippen MR) is 265 cm³/mol. The third-order valence-corrected chi connectivity index (χ3v) is 20.1. The maximum Gasteiger partial charge on any atom is 0.0101 e. The minimum atomic E-state index is 0.865. The molecule has 8 rings (SSSR count). The van der Waals surface area contributed by atoms with E-state index in [1.54, 1.807) is 25.7 Å². The summed E-state index contributed by atoms with van der Waals surface area (Å²) in [5.74, 6) is 10.5. The molecule has 0 unspecified atom stereocenters. The average molecular weight is 836 g/mol. The number of hydrogen-bond acceptors (Lipinski definition) is 1. The van der Waals surface area contributed by atoms with Gasteiger partial charge in [-0.2, -0.15) is 0 Å². The number of allylic oxidation sites excluding steroid dienone is 6. The monoisotopic (exact) mass is 836 g/mol. The van der Waals surface area contributed by atoms with Gasteiger partial charge in [-0.25, -0.2) is 0 Å². The van der Waals surface area contributed by atoms with Gasteiger partial charge >= 0.3 is 0 Å². The summed E-state index contributed by atoms with van der Waals surface area (Å²) < 4.78 is 0. The summed E-state index contributed by atoms with van der Waals surface area (Å²) in [5.41, 5.74) is 0. The van der Waals surface area contributed by atoms with E-state index in [-0.39, 0.29) is 0 Å². The van der Waals surface area contributed by atoms with Crippen LogP contribution in [0.15, 0.2) is 36.5 Å². The van der Waals surface area contributed by atoms with Crippen molar-refractivity contribution in [3.05, 3.63) is 36.5 Å². The molecule has 8 aliphatic rings. The van der Waals surface area contributed by atoms with Crippen molar-refractivity contribution in [1.82, 2.24) is 4.90 Å². The Kier molecular flexibility index (Phi) is 19.3. The van der Waals surface area contributed by atoms with Crippen molar-refractivity contribution >= 4 is 0 Å². The highest BCUT2D eigenvalue weighted by atomic mass is 15.2. The molecule has 0 N–H and O–H groups in total. The van der Waals surface area contributed by atoms with Crippen LogP contribution in [0.5, 0.6) is 0 Å². The molecule has 8 saturated carbocycles. The second kappa shape index (κ2) is 25.2. The minimum absolute atomic E-state index is 0.865. The molecule has 0 aliphatic heterocycles. The molecule has 0 saturated heterocycles. The molecule has 0 aromatic heterocycles. The Morgan fingerprint density at radius 3 is 0.934 bits per heavy atom. The number of rotatable bonds is 16. The van der Waals surface area contributed by atoms with E-state index in [0.29, 0.717) is 0 Å². The van der Waals surface area contributed by atoms with Gasteiger partial charge in [0, 0.05) is 18.1 Å². The zero-order chi connectivity index (χ0) is 41.5. The second-order valence-corrected chi connectivity index (χ2v) is 24.1. The fourth-order valence-corrected chi connectivity index (χ4v) is 16.0. The molecule has 8 aliphatic carbocycles. The second-order valence-electron chi connectivity index (χ2n) is 24.1. The standard InChI is InChI=1S/C60H101N/c1-2-3-4-7-16-49-31-41-58(42-32-49)61(59-43-37-56(38-44-59)54-33-27-52(28-34-54)20-18-48-14-10-6-11-15-48)60-45-39-57(40-46-60)55-35-29-53(30-36-55)26-25-51-23-21-50(22-24-51)19-17-47-12-8-5-9-13-47/h17-20,25-26,47-60H,2-16,21-24,27-46H2,1H3. The van der Waals surface area contributed by atoms with Gasteiger partial charge in [-0.15, -0.1) is 0 Å². The summed E-state index contributed by atoms with van der Waals surface area (Å²) in [5, 5.41) is 0. The first-order chi connectivity index (χ1) is 30.2. The first-order valence-electron chi connectivity index (χ1n) is 29.0. The van der Waals surface area contributed by atoms with Crippen LogP contribution in [0.1, 0.15) is 257 Å². The number of hydrogen-bond donors (Lipinski definition) is 0. The normalized spacial score (nSPS) is 39.4. The zero-order valence-electron chi connectivity index (χ0n) is 40.6. The van der Waals surface area contributed by atoms with Crippen LogP contribution in [0, 0.1) is 65.1 Å². The van der Waals surface area contributed by atoms with Crippen molar-refractivity contribution in [2.75, 3.05) is 0 Å². The van der Waals surface area contributed by atoms with E-state index in [2.05, 4.69) is 48.3 Å². The summed E-state index contributed by atoms with van der Waals surface area (Å²) in [6, 6.07) is 2.69. The van der Waals surface area contributed by atoms with Crippen LogP contribution in [0.2, 0.25) is 0 Å². The molecule has 0 aromatic carbocycles. The minimum Gasteiger partial charge on any atom is -0.294 e. The molecule has 0 aromatic rings. The largest absolute Gasteiger partial charge is 0.294 e. The van der Waals surface area contributed by atoms with Gasteiger partial charge in [0.1, 0.15) is 0 Å². The molecule has 1 heteroatoms. The van der Waals surface area contributed by atoms with E-state index in [1.807, 2.05) is 0 Å². The number of nitrogens with zero attached hydrogens (tertiary/aromatic N) is 1. The van der Waals surface area contributed by atoms with Crippen LogP contribution in [0.4, 0.5) is 0 Å². The van der Waals surface area contributed by atoms with E-state index in [4.69, 9.17) is 0 Å². The van der Waals surface area contributed by atoms with Crippen molar-refractivity contribution in [3.63, 3.8) is 0 Å². The first-order valence-corrected chi connectivity index (χ1v) is 29.0. The summed E-state index contributed by atoms with van der Waals surface area (Å²) >= 11 is 0. The SMILES string of the molecule is CCCCCCC1CCC(N(C2CCC(C3CCC(C=CC4CCCCC4)CC3)CC2)C2CCC(C3CCC(C=CC4CCC(C=CC5CCCCC5)CC4)CC3)CC2)CC1. The van der Waals surface area contributed by atoms with Crippen LogP contribution < -0.4 is 0 Å². The number of unbranched alkanes of at least 4 members (excludes halogenated alkanes) is 3. The van der Waals surface area contributed by atoms with Crippen LogP contribution in [-0.2, 0) is 0 Å². The molecule has 0 spiro atoms. The summed E-state index contributed by atoms with van der Waals surface area (Å²) in [7, 11) is 0. The lowest BCUT2D eigenvalue weighted by Gasteiger charge is -2.51. The van der Waals surface area contributed by atoms with Crippen molar-refractivity contribution in [1.29, 1.82) is 0 Å². The molecule has 0 amide bonds. The van der Waals surface area contributed by atoms with Gasteiger partial charge in [0.25, 0.3) is 0 Å². The highest BCUT2D eigenvalue weighted by Gasteiger charge is 2.41. The maximum atomic E-state index is 3.31. The molecule has 61 heavy (non-hydrogen) atoms. The molecule has 1 nitrogen and oxygen atoms in total. The molecule has 0 heterocycles. The zero-order valence-corrected chi connectivity index (χ0v) is 40.6. The van der Waals surface area contributed by atoms with Crippen LogP contribution in [0.3, 0.4) is 0 Å². The Morgan fingerprint density at radius 2 is 0.590 bits per heavy atom. The van der Waals surface area contributed by atoms with Gasteiger partial charge in [-0.1, -0.05) is 114 Å². The highest BCUT2D eigenvalue weighted by Crippen LogP contribution is 2.47. The lowest BCUT2D eigenvalue weighted by Crippen LogP contribution is -2.53. The van der Waals surface area contributed by atoms with Gasteiger partial charge in [0.05, 0.1) is 0 Å². The summed E-state index contributed by atoms with van der Waals surface area (Å²) in [4.78, 5) is 3.31. The molecule has 346 valence electrons. The fraction of sp³-hybridized carbons (Fsp3) is 0.900. The Morgan fingerprint density at radius 1 is 0.295 bits per heavy atom. The lowest BCUT2D eigenvalue weighted by atomic mass is 9.68. The fourth-order valence-electron chi connectivity index (χ4n) is 16.0. The van der Waals surface area contributed by atoms with E-state index in [0.717, 1.165) is 83.2 Å².